The fraction of sp³-hybridized carbons (Fsp3) is 0.133. The molecule has 0 aliphatic heterocycles. The SMILES string of the molecule is Cc1cc(C)n(-c2cc(NS(=O)(=O)c3cccc(Cl)c3Cl)ncn2)n1. The van der Waals surface area contributed by atoms with Crippen LogP contribution in [0.3, 0.4) is 0 Å². The molecule has 3 aromatic rings. The Kier molecular flexibility index (Phi) is 4.68. The van der Waals surface area contributed by atoms with Crippen molar-refractivity contribution in [2.24, 2.45) is 0 Å². The standard InChI is InChI=1S/C15H13Cl2N5O2S/c1-9-6-10(2)22(20-9)14-7-13(18-8-19-14)21-25(23,24)12-5-3-4-11(16)15(12)17/h3-8H,1-2H3,(H,18,19,21). The van der Waals surface area contributed by atoms with E-state index in [0.29, 0.717) is 5.82 Å². The molecule has 0 saturated heterocycles. The maximum Gasteiger partial charge on any atom is 0.264 e. The van der Waals surface area contributed by atoms with Gasteiger partial charge in [0.05, 0.1) is 15.7 Å². The molecule has 0 amide bonds. The zero-order chi connectivity index (χ0) is 18.2. The lowest BCUT2D eigenvalue weighted by atomic mass is 10.4. The van der Waals surface area contributed by atoms with E-state index in [1.807, 2.05) is 19.9 Å². The number of aromatic nitrogens is 4. The van der Waals surface area contributed by atoms with E-state index in [4.69, 9.17) is 23.2 Å². The lowest BCUT2D eigenvalue weighted by Gasteiger charge is -2.10. The molecule has 0 bridgehead atoms. The molecule has 0 unspecified atom stereocenters. The Hall–Kier alpha value is -2.16. The van der Waals surface area contributed by atoms with E-state index in [-0.39, 0.29) is 20.8 Å². The van der Waals surface area contributed by atoms with Crippen molar-refractivity contribution in [2.45, 2.75) is 18.7 Å². The molecule has 130 valence electrons. The first kappa shape index (κ1) is 17.7. The van der Waals surface area contributed by atoms with Crippen molar-refractivity contribution < 1.29 is 8.42 Å². The van der Waals surface area contributed by atoms with Crippen LogP contribution in [0.1, 0.15) is 11.4 Å². The van der Waals surface area contributed by atoms with Crippen molar-refractivity contribution >= 4 is 39.0 Å². The Morgan fingerprint density at radius 3 is 2.56 bits per heavy atom. The molecule has 3 rings (SSSR count). The lowest BCUT2D eigenvalue weighted by molar-refractivity contribution is 0.601. The van der Waals surface area contributed by atoms with Crippen LogP contribution in [0, 0.1) is 13.8 Å². The summed E-state index contributed by atoms with van der Waals surface area (Å²) >= 11 is 11.9. The van der Waals surface area contributed by atoms with Crippen LogP contribution in [-0.2, 0) is 10.0 Å². The van der Waals surface area contributed by atoms with Crippen molar-refractivity contribution in [2.75, 3.05) is 4.72 Å². The molecule has 0 atom stereocenters. The number of hydrogen-bond acceptors (Lipinski definition) is 5. The maximum absolute atomic E-state index is 12.6. The number of aryl methyl sites for hydroxylation is 2. The predicted molar refractivity (Wildman–Crippen MR) is 95.9 cm³/mol. The maximum atomic E-state index is 12.6. The number of nitrogens with zero attached hydrogens (tertiary/aromatic N) is 4. The largest absolute Gasteiger partial charge is 0.264 e. The Labute approximate surface area is 154 Å². The lowest BCUT2D eigenvalue weighted by Crippen LogP contribution is -2.15. The fourth-order valence-electron chi connectivity index (χ4n) is 2.26. The van der Waals surface area contributed by atoms with Crippen molar-refractivity contribution in [3.05, 3.63) is 58.1 Å². The van der Waals surface area contributed by atoms with Gasteiger partial charge in [-0.15, -0.1) is 0 Å². The minimum Gasteiger partial charge on any atom is -0.263 e. The summed E-state index contributed by atoms with van der Waals surface area (Å²) in [7, 11) is -3.96. The Morgan fingerprint density at radius 1 is 1.12 bits per heavy atom. The van der Waals surface area contributed by atoms with E-state index in [9.17, 15) is 8.42 Å². The Bertz CT molecular complexity index is 1050. The van der Waals surface area contributed by atoms with Gasteiger partial charge < -0.3 is 0 Å². The highest BCUT2D eigenvalue weighted by molar-refractivity contribution is 7.92. The normalized spacial score (nSPS) is 11.5. The second-order valence-electron chi connectivity index (χ2n) is 5.26. The molecule has 0 fully saturated rings. The van der Waals surface area contributed by atoms with Crippen LogP contribution in [0.25, 0.3) is 5.82 Å². The van der Waals surface area contributed by atoms with Crippen molar-refractivity contribution in [1.29, 1.82) is 0 Å². The number of benzene rings is 1. The average molecular weight is 398 g/mol. The molecule has 0 spiro atoms. The van der Waals surface area contributed by atoms with E-state index >= 15 is 0 Å². The smallest absolute Gasteiger partial charge is 0.263 e. The number of rotatable bonds is 4. The quantitative estimate of drug-likeness (QED) is 0.728. The van der Waals surface area contributed by atoms with E-state index in [1.54, 1.807) is 4.68 Å². The summed E-state index contributed by atoms with van der Waals surface area (Å²) in [5.41, 5.74) is 1.69. The summed E-state index contributed by atoms with van der Waals surface area (Å²) in [6.45, 7) is 3.73. The van der Waals surface area contributed by atoms with Gasteiger partial charge in [0.25, 0.3) is 10.0 Å². The molecule has 25 heavy (non-hydrogen) atoms. The average Bonchev–Trinajstić information content (AvgIpc) is 2.88. The topological polar surface area (TPSA) is 89.8 Å². The van der Waals surface area contributed by atoms with Crippen LogP contribution >= 0.6 is 23.2 Å². The van der Waals surface area contributed by atoms with E-state index in [1.165, 1.54) is 30.6 Å². The first-order valence-electron chi connectivity index (χ1n) is 7.10. The Morgan fingerprint density at radius 2 is 1.88 bits per heavy atom. The second kappa shape index (κ2) is 6.62. The number of halogens is 2. The third-order valence-electron chi connectivity index (χ3n) is 3.32. The van der Waals surface area contributed by atoms with Crippen LogP contribution in [-0.4, -0.2) is 28.2 Å². The third kappa shape index (κ3) is 3.60. The molecule has 2 aromatic heterocycles. The van der Waals surface area contributed by atoms with Crippen LogP contribution in [0.2, 0.25) is 10.0 Å². The number of nitrogens with one attached hydrogen (secondary N) is 1. The van der Waals surface area contributed by atoms with Gasteiger partial charge in [-0.1, -0.05) is 29.3 Å². The zero-order valence-electron chi connectivity index (χ0n) is 13.2. The van der Waals surface area contributed by atoms with Crippen molar-refractivity contribution in [1.82, 2.24) is 19.7 Å². The minimum absolute atomic E-state index is 0.0514. The minimum atomic E-state index is -3.96. The summed E-state index contributed by atoms with van der Waals surface area (Å²) in [5.74, 6) is 0.532. The van der Waals surface area contributed by atoms with Crippen LogP contribution in [0.5, 0.6) is 0 Å². The molecule has 10 heteroatoms. The molecular weight excluding hydrogens is 385 g/mol. The van der Waals surface area contributed by atoms with E-state index < -0.39 is 10.0 Å². The van der Waals surface area contributed by atoms with E-state index in [2.05, 4.69) is 19.8 Å². The molecule has 0 aliphatic rings. The van der Waals surface area contributed by atoms with Gasteiger partial charge in [-0.3, -0.25) is 4.72 Å². The van der Waals surface area contributed by atoms with Crippen molar-refractivity contribution in [3.8, 4) is 5.82 Å². The van der Waals surface area contributed by atoms with Crippen LogP contribution in [0.15, 0.2) is 41.6 Å². The molecule has 0 aliphatic carbocycles. The number of hydrogen-bond donors (Lipinski definition) is 1. The highest BCUT2D eigenvalue weighted by atomic mass is 35.5. The first-order chi connectivity index (χ1) is 11.8. The Balaban J connectivity index is 1.97. The molecule has 7 nitrogen and oxygen atoms in total. The van der Waals surface area contributed by atoms with Gasteiger partial charge in [-0.05, 0) is 32.0 Å². The summed E-state index contributed by atoms with van der Waals surface area (Å²) in [5, 5.41) is 4.41. The molecule has 0 radical (unpaired) electrons. The van der Waals surface area contributed by atoms with Gasteiger partial charge >= 0.3 is 0 Å². The van der Waals surface area contributed by atoms with Gasteiger partial charge in [-0.2, -0.15) is 5.10 Å². The van der Waals surface area contributed by atoms with Gasteiger partial charge in [0.1, 0.15) is 17.0 Å². The molecule has 1 aromatic carbocycles. The summed E-state index contributed by atoms with van der Waals surface area (Å²) in [6.07, 6.45) is 1.25. The van der Waals surface area contributed by atoms with Gasteiger partial charge in [-0.25, -0.2) is 23.1 Å². The zero-order valence-corrected chi connectivity index (χ0v) is 15.6. The number of sulfonamides is 1. The van der Waals surface area contributed by atoms with Crippen LogP contribution in [0.4, 0.5) is 5.82 Å². The van der Waals surface area contributed by atoms with Gasteiger partial charge in [0.2, 0.25) is 0 Å². The molecular formula is C15H13Cl2N5O2S. The summed E-state index contributed by atoms with van der Waals surface area (Å²) in [6, 6.07) is 7.74. The van der Waals surface area contributed by atoms with E-state index in [0.717, 1.165) is 11.4 Å². The monoisotopic (exact) mass is 397 g/mol. The number of anilines is 1. The van der Waals surface area contributed by atoms with Crippen molar-refractivity contribution in [3.63, 3.8) is 0 Å². The highest BCUT2D eigenvalue weighted by Crippen LogP contribution is 2.30. The summed E-state index contributed by atoms with van der Waals surface area (Å²) < 4.78 is 29.1. The summed E-state index contributed by atoms with van der Waals surface area (Å²) in [4.78, 5) is 7.94. The molecule has 1 N–H and O–H groups in total. The fourth-order valence-corrected chi connectivity index (χ4v) is 4.03. The van der Waals surface area contributed by atoms with Gasteiger partial charge in [0.15, 0.2) is 5.82 Å². The first-order valence-corrected chi connectivity index (χ1v) is 9.34. The predicted octanol–water partition coefficient (Wildman–Crippen LogP) is 3.39. The third-order valence-corrected chi connectivity index (χ3v) is 5.65. The molecule has 0 saturated carbocycles. The second-order valence-corrected chi connectivity index (χ2v) is 7.69. The van der Waals surface area contributed by atoms with Crippen LogP contribution < -0.4 is 4.72 Å². The van der Waals surface area contributed by atoms with Gasteiger partial charge in [0, 0.05) is 11.8 Å². The molecule has 2 heterocycles. The highest BCUT2D eigenvalue weighted by Gasteiger charge is 2.20.